The molecule has 2 aromatic rings. The maximum absolute atomic E-state index is 5.93. The predicted octanol–water partition coefficient (Wildman–Crippen LogP) is 3.37. The van der Waals surface area contributed by atoms with E-state index in [1.165, 1.54) is 0 Å². The average Bonchev–Trinajstić information content (AvgIpc) is 2.89. The number of hydrogen-bond donors (Lipinski definition) is 1. The second-order valence-corrected chi connectivity index (χ2v) is 5.22. The number of fused-ring (bicyclic) bond motifs is 1. The van der Waals surface area contributed by atoms with Gasteiger partial charge in [0, 0.05) is 25.6 Å². The number of furan rings is 1. The fourth-order valence-corrected chi connectivity index (χ4v) is 2.25. The van der Waals surface area contributed by atoms with Crippen LogP contribution in [0.1, 0.15) is 25.6 Å². The van der Waals surface area contributed by atoms with E-state index in [4.69, 9.17) is 13.9 Å². The number of rotatable bonds is 7. The first-order valence-corrected chi connectivity index (χ1v) is 6.94. The molecule has 2 atom stereocenters. The van der Waals surface area contributed by atoms with Crippen molar-refractivity contribution in [2.24, 2.45) is 5.92 Å². The number of benzene rings is 1. The van der Waals surface area contributed by atoms with Crippen LogP contribution in [0.25, 0.3) is 11.0 Å². The summed E-state index contributed by atoms with van der Waals surface area (Å²) < 4.78 is 16.4. The van der Waals surface area contributed by atoms with Crippen LogP contribution in [0.3, 0.4) is 0 Å². The van der Waals surface area contributed by atoms with Crippen molar-refractivity contribution in [1.29, 1.82) is 0 Å². The van der Waals surface area contributed by atoms with Gasteiger partial charge in [-0.3, -0.25) is 0 Å². The van der Waals surface area contributed by atoms with Gasteiger partial charge in [-0.1, -0.05) is 19.1 Å². The van der Waals surface area contributed by atoms with Gasteiger partial charge in [-0.05, 0) is 25.0 Å². The van der Waals surface area contributed by atoms with Gasteiger partial charge in [-0.25, -0.2) is 0 Å². The number of methoxy groups -OCH3 is 2. The summed E-state index contributed by atoms with van der Waals surface area (Å²) in [7, 11) is 3.39. The van der Waals surface area contributed by atoms with Crippen molar-refractivity contribution >= 4 is 11.0 Å². The van der Waals surface area contributed by atoms with E-state index in [9.17, 15) is 0 Å². The Bertz CT molecular complexity index is 550. The zero-order chi connectivity index (χ0) is 14.5. The van der Waals surface area contributed by atoms with Gasteiger partial charge in [-0.2, -0.15) is 0 Å². The normalized spacial score (nSPS) is 14.4. The van der Waals surface area contributed by atoms with Crippen molar-refractivity contribution in [2.75, 3.05) is 27.4 Å². The molecule has 0 bridgehead atoms. The molecule has 2 unspecified atom stereocenters. The van der Waals surface area contributed by atoms with Gasteiger partial charge in [0.2, 0.25) is 0 Å². The van der Waals surface area contributed by atoms with E-state index >= 15 is 0 Å². The first-order valence-electron chi connectivity index (χ1n) is 6.94. The molecule has 0 saturated heterocycles. The summed E-state index contributed by atoms with van der Waals surface area (Å²) in [4.78, 5) is 0. The van der Waals surface area contributed by atoms with E-state index in [0.717, 1.165) is 35.6 Å². The molecule has 1 aromatic heterocycles. The highest BCUT2D eigenvalue weighted by Crippen LogP contribution is 2.30. The van der Waals surface area contributed by atoms with Gasteiger partial charge < -0.3 is 19.2 Å². The molecule has 0 aliphatic rings. The molecule has 0 radical (unpaired) electrons. The Morgan fingerprint density at radius 2 is 2.05 bits per heavy atom. The van der Waals surface area contributed by atoms with Crippen molar-refractivity contribution < 1.29 is 13.9 Å². The zero-order valence-electron chi connectivity index (χ0n) is 12.6. The average molecular weight is 277 g/mol. The standard InChI is InChI=1S/C16H23NO3/c1-11(10-18-3)9-17-12(2)15-8-13-6-5-7-14(19-4)16(13)20-15/h5-8,11-12,17H,9-10H2,1-4H3. The molecule has 2 rings (SSSR count). The molecule has 1 heterocycles. The van der Waals surface area contributed by atoms with E-state index in [-0.39, 0.29) is 6.04 Å². The second-order valence-electron chi connectivity index (χ2n) is 5.22. The number of hydrogen-bond acceptors (Lipinski definition) is 4. The van der Waals surface area contributed by atoms with Crippen molar-refractivity contribution in [1.82, 2.24) is 5.32 Å². The first-order chi connectivity index (χ1) is 9.65. The van der Waals surface area contributed by atoms with Crippen LogP contribution in [0, 0.1) is 5.92 Å². The van der Waals surface area contributed by atoms with E-state index in [1.54, 1.807) is 14.2 Å². The summed E-state index contributed by atoms with van der Waals surface area (Å²) in [5.74, 6) is 2.17. The lowest BCUT2D eigenvalue weighted by Gasteiger charge is -2.15. The van der Waals surface area contributed by atoms with Crippen LogP contribution in [-0.4, -0.2) is 27.4 Å². The molecule has 0 aliphatic heterocycles. The Hall–Kier alpha value is -1.52. The molecule has 0 saturated carbocycles. The van der Waals surface area contributed by atoms with Gasteiger partial charge in [0.15, 0.2) is 11.3 Å². The third-order valence-corrected chi connectivity index (χ3v) is 3.40. The monoisotopic (exact) mass is 277 g/mol. The Kier molecular flexibility index (Phi) is 5.04. The number of nitrogens with one attached hydrogen (secondary N) is 1. The molecule has 20 heavy (non-hydrogen) atoms. The highest BCUT2D eigenvalue weighted by atomic mass is 16.5. The van der Waals surface area contributed by atoms with Crippen LogP contribution in [0.5, 0.6) is 5.75 Å². The van der Waals surface area contributed by atoms with E-state index in [0.29, 0.717) is 5.92 Å². The maximum Gasteiger partial charge on any atom is 0.176 e. The topological polar surface area (TPSA) is 43.6 Å². The van der Waals surface area contributed by atoms with Gasteiger partial charge in [0.05, 0.1) is 13.2 Å². The summed E-state index contributed by atoms with van der Waals surface area (Å²) in [6, 6.07) is 8.14. The molecular weight excluding hydrogens is 254 g/mol. The second kappa shape index (κ2) is 6.77. The van der Waals surface area contributed by atoms with Crippen LogP contribution < -0.4 is 10.1 Å². The summed E-state index contributed by atoms with van der Waals surface area (Å²) in [5, 5.41) is 4.53. The number of ether oxygens (including phenoxy) is 2. The SMILES string of the molecule is COCC(C)CNC(C)c1cc2cccc(OC)c2o1. The smallest absolute Gasteiger partial charge is 0.176 e. The van der Waals surface area contributed by atoms with E-state index < -0.39 is 0 Å². The van der Waals surface area contributed by atoms with Crippen molar-refractivity contribution in [3.8, 4) is 5.75 Å². The highest BCUT2D eigenvalue weighted by Gasteiger charge is 2.14. The van der Waals surface area contributed by atoms with Crippen molar-refractivity contribution in [3.63, 3.8) is 0 Å². The molecule has 0 spiro atoms. The molecule has 110 valence electrons. The Balaban J connectivity index is 2.08. The molecule has 0 fully saturated rings. The van der Waals surface area contributed by atoms with Crippen LogP contribution in [-0.2, 0) is 4.74 Å². The third-order valence-electron chi connectivity index (χ3n) is 3.40. The summed E-state index contributed by atoms with van der Waals surface area (Å²) in [5.41, 5.74) is 0.809. The maximum atomic E-state index is 5.93. The quantitative estimate of drug-likeness (QED) is 0.842. The lowest BCUT2D eigenvalue weighted by Crippen LogP contribution is -2.26. The Morgan fingerprint density at radius 1 is 1.25 bits per heavy atom. The van der Waals surface area contributed by atoms with Crippen molar-refractivity contribution in [3.05, 3.63) is 30.0 Å². The van der Waals surface area contributed by atoms with Gasteiger partial charge in [0.1, 0.15) is 5.76 Å². The van der Waals surface area contributed by atoms with Gasteiger partial charge in [-0.15, -0.1) is 0 Å². The van der Waals surface area contributed by atoms with Crippen LogP contribution in [0.15, 0.2) is 28.7 Å². The zero-order valence-corrected chi connectivity index (χ0v) is 12.6. The Labute approximate surface area is 120 Å². The van der Waals surface area contributed by atoms with E-state index in [1.807, 2.05) is 18.2 Å². The minimum Gasteiger partial charge on any atom is -0.493 e. The molecular formula is C16H23NO3. The molecule has 1 aromatic carbocycles. The minimum absolute atomic E-state index is 0.159. The molecule has 4 nitrogen and oxygen atoms in total. The first kappa shape index (κ1) is 14.9. The largest absolute Gasteiger partial charge is 0.493 e. The summed E-state index contributed by atoms with van der Waals surface area (Å²) in [6.45, 7) is 5.91. The molecule has 0 amide bonds. The predicted molar refractivity (Wildman–Crippen MR) is 80.2 cm³/mol. The fraction of sp³-hybridized carbons (Fsp3) is 0.500. The molecule has 0 aliphatic carbocycles. The fourth-order valence-electron chi connectivity index (χ4n) is 2.25. The number of para-hydroxylation sites is 1. The lowest BCUT2D eigenvalue weighted by atomic mass is 10.1. The van der Waals surface area contributed by atoms with Crippen LogP contribution >= 0.6 is 0 Å². The van der Waals surface area contributed by atoms with Crippen molar-refractivity contribution in [2.45, 2.75) is 19.9 Å². The lowest BCUT2D eigenvalue weighted by molar-refractivity contribution is 0.156. The Morgan fingerprint density at radius 3 is 2.75 bits per heavy atom. The van der Waals surface area contributed by atoms with Crippen LogP contribution in [0.2, 0.25) is 0 Å². The minimum atomic E-state index is 0.159. The molecule has 1 N–H and O–H groups in total. The molecule has 4 heteroatoms. The highest BCUT2D eigenvalue weighted by molar-refractivity contribution is 5.83. The third kappa shape index (κ3) is 3.32. The van der Waals surface area contributed by atoms with E-state index in [2.05, 4.69) is 25.2 Å². The van der Waals surface area contributed by atoms with Gasteiger partial charge in [0.25, 0.3) is 0 Å². The van der Waals surface area contributed by atoms with Gasteiger partial charge >= 0.3 is 0 Å². The van der Waals surface area contributed by atoms with Crippen LogP contribution in [0.4, 0.5) is 0 Å². The summed E-state index contributed by atoms with van der Waals surface area (Å²) in [6.07, 6.45) is 0. The summed E-state index contributed by atoms with van der Waals surface area (Å²) >= 11 is 0.